The van der Waals surface area contributed by atoms with Crippen LogP contribution >= 0.6 is 0 Å². The van der Waals surface area contributed by atoms with Crippen LogP contribution < -0.4 is 0 Å². The minimum Gasteiger partial charge on any atom is -0.481 e. The van der Waals surface area contributed by atoms with Gasteiger partial charge in [0.2, 0.25) is 0 Å². The fourth-order valence-electron chi connectivity index (χ4n) is 3.22. The van der Waals surface area contributed by atoms with Crippen LogP contribution in [0.5, 0.6) is 0 Å². The highest BCUT2D eigenvalue weighted by atomic mass is 16.6. The third-order valence-electron chi connectivity index (χ3n) is 3.90. The Morgan fingerprint density at radius 2 is 2.33 bits per heavy atom. The second-order valence-corrected chi connectivity index (χ2v) is 4.60. The number of cyclic esters (lactones) is 1. The molecule has 3 heterocycles. The molecule has 15 heavy (non-hydrogen) atoms. The number of hydrogen-bond acceptors (Lipinski definition) is 4. The second-order valence-electron chi connectivity index (χ2n) is 4.60. The van der Waals surface area contributed by atoms with E-state index in [2.05, 4.69) is 0 Å². The van der Waals surface area contributed by atoms with Gasteiger partial charge in [-0.05, 0) is 12.8 Å². The van der Waals surface area contributed by atoms with Gasteiger partial charge >= 0.3 is 11.9 Å². The highest BCUT2D eigenvalue weighted by Crippen LogP contribution is 2.54. The number of ether oxygens (including phenoxy) is 2. The molecule has 0 unspecified atom stereocenters. The first kappa shape index (κ1) is 9.15. The molecule has 3 fully saturated rings. The maximum Gasteiger partial charge on any atom is 0.309 e. The Morgan fingerprint density at radius 3 is 3.07 bits per heavy atom. The van der Waals surface area contributed by atoms with Gasteiger partial charge in [-0.3, -0.25) is 9.59 Å². The molecule has 1 spiro atoms. The molecule has 3 saturated heterocycles. The van der Waals surface area contributed by atoms with Crippen molar-refractivity contribution in [1.29, 1.82) is 0 Å². The van der Waals surface area contributed by atoms with Crippen molar-refractivity contribution < 1.29 is 24.2 Å². The number of carboxylic acid groups (broad SMARTS) is 1. The highest BCUT2D eigenvalue weighted by Gasteiger charge is 2.64. The van der Waals surface area contributed by atoms with E-state index in [9.17, 15) is 9.59 Å². The molecule has 82 valence electrons. The van der Waals surface area contributed by atoms with Gasteiger partial charge in [0, 0.05) is 5.92 Å². The van der Waals surface area contributed by atoms with Gasteiger partial charge in [0.25, 0.3) is 0 Å². The van der Waals surface area contributed by atoms with Crippen molar-refractivity contribution in [2.45, 2.75) is 31.0 Å². The van der Waals surface area contributed by atoms with Gasteiger partial charge < -0.3 is 14.6 Å². The topological polar surface area (TPSA) is 72.8 Å². The third-order valence-corrected chi connectivity index (χ3v) is 3.90. The van der Waals surface area contributed by atoms with Gasteiger partial charge in [0.05, 0.1) is 18.4 Å². The summed E-state index contributed by atoms with van der Waals surface area (Å²) in [6.07, 6.45) is 1.56. The maximum atomic E-state index is 11.2. The number of carboxylic acids is 1. The van der Waals surface area contributed by atoms with E-state index in [4.69, 9.17) is 14.6 Å². The summed E-state index contributed by atoms with van der Waals surface area (Å²) in [5.41, 5.74) is -0.484. The van der Waals surface area contributed by atoms with Crippen molar-refractivity contribution in [3.63, 3.8) is 0 Å². The summed E-state index contributed by atoms with van der Waals surface area (Å²) in [4.78, 5) is 22.3. The van der Waals surface area contributed by atoms with Crippen LogP contribution in [-0.4, -0.2) is 35.4 Å². The van der Waals surface area contributed by atoms with Crippen molar-refractivity contribution in [1.82, 2.24) is 0 Å². The average molecular weight is 212 g/mol. The number of carbonyl (C=O) groups excluding carboxylic acids is 1. The lowest BCUT2D eigenvalue weighted by Gasteiger charge is -2.37. The first-order chi connectivity index (χ1) is 7.12. The first-order valence-electron chi connectivity index (χ1n) is 5.19. The van der Waals surface area contributed by atoms with E-state index >= 15 is 0 Å². The summed E-state index contributed by atoms with van der Waals surface area (Å²) < 4.78 is 10.7. The molecule has 0 aromatic carbocycles. The summed E-state index contributed by atoms with van der Waals surface area (Å²) in [6.45, 7) is 0.233. The monoisotopic (exact) mass is 212 g/mol. The lowest BCUT2D eigenvalue weighted by atomic mass is 9.69. The van der Waals surface area contributed by atoms with E-state index in [1.165, 1.54) is 0 Å². The molecular weight excluding hydrogens is 200 g/mol. The van der Waals surface area contributed by atoms with Crippen molar-refractivity contribution >= 4 is 11.9 Å². The molecule has 5 heteroatoms. The molecule has 0 aromatic heterocycles. The predicted octanol–water partition coefficient (Wildman–Crippen LogP) is 0.182. The van der Waals surface area contributed by atoms with Crippen LogP contribution in [0.15, 0.2) is 0 Å². The summed E-state index contributed by atoms with van der Waals surface area (Å²) >= 11 is 0. The number of hydrogen-bond donors (Lipinski definition) is 1. The van der Waals surface area contributed by atoms with E-state index in [1.807, 2.05) is 0 Å². The smallest absolute Gasteiger partial charge is 0.309 e. The Labute approximate surface area is 86.4 Å². The zero-order chi connectivity index (χ0) is 10.6. The van der Waals surface area contributed by atoms with Gasteiger partial charge in [-0.25, -0.2) is 0 Å². The minimum absolute atomic E-state index is 0.185. The molecule has 1 N–H and O–H groups in total. The van der Waals surface area contributed by atoms with E-state index < -0.39 is 17.5 Å². The van der Waals surface area contributed by atoms with Gasteiger partial charge in [-0.2, -0.15) is 0 Å². The van der Waals surface area contributed by atoms with Crippen LogP contribution in [0.25, 0.3) is 0 Å². The second kappa shape index (κ2) is 2.72. The Morgan fingerprint density at radius 1 is 1.53 bits per heavy atom. The van der Waals surface area contributed by atoms with Crippen LogP contribution in [0.1, 0.15) is 19.3 Å². The first-order valence-corrected chi connectivity index (χ1v) is 5.19. The summed E-state index contributed by atoms with van der Waals surface area (Å²) in [5, 5.41) is 9.13. The molecule has 0 aliphatic carbocycles. The van der Waals surface area contributed by atoms with Crippen LogP contribution in [0.2, 0.25) is 0 Å². The molecule has 0 saturated carbocycles. The molecule has 0 amide bonds. The Bertz CT molecular complexity index is 339. The zero-order valence-electron chi connectivity index (χ0n) is 8.14. The van der Waals surface area contributed by atoms with Gasteiger partial charge in [0.15, 0.2) is 0 Å². The highest BCUT2D eigenvalue weighted by molar-refractivity contribution is 5.76. The summed E-state index contributed by atoms with van der Waals surface area (Å²) in [5.74, 6) is -1.85. The number of carbonyl (C=O) groups is 2. The largest absolute Gasteiger partial charge is 0.481 e. The zero-order valence-corrected chi connectivity index (χ0v) is 8.14. The molecule has 3 rings (SSSR count). The summed E-state index contributed by atoms with van der Waals surface area (Å²) in [6, 6.07) is 0. The molecule has 3 aliphatic heterocycles. The van der Waals surface area contributed by atoms with Gasteiger partial charge in [-0.1, -0.05) is 0 Å². The lowest BCUT2D eigenvalue weighted by Crippen LogP contribution is -2.49. The molecule has 4 atom stereocenters. The standard InChI is InChI=1S/C10H12O5/c11-7-3-5-8(9(12)13)6-1-2-10(5,15-6)4-14-7/h5-6,8H,1-4H2,(H,12,13)/t5-,6-,8-,10+/m0/s1. The fourth-order valence-corrected chi connectivity index (χ4v) is 3.22. The molecule has 0 aromatic rings. The van der Waals surface area contributed by atoms with Crippen molar-refractivity contribution in [3.8, 4) is 0 Å². The normalized spacial score (nSPS) is 47.5. The van der Waals surface area contributed by atoms with E-state index in [0.717, 1.165) is 12.8 Å². The number of rotatable bonds is 1. The quantitative estimate of drug-likeness (QED) is 0.628. The van der Waals surface area contributed by atoms with Crippen LogP contribution in [-0.2, 0) is 19.1 Å². The average Bonchev–Trinajstić information content (AvgIpc) is 2.70. The number of esters is 1. The predicted molar refractivity (Wildman–Crippen MR) is 47.0 cm³/mol. The summed E-state index contributed by atoms with van der Waals surface area (Å²) in [7, 11) is 0. The van der Waals surface area contributed by atoms with Crippen molar-refractivity contribution in [2.75, 3.05) is 6.61 Å². The molecule has 3 aliphatic rings. The van der Waals surface area contributed by atoms with E-state index in [-0.39, 0.29) is 31.0 Å². The van der Waals surface area contributed by atoms with Crippen molar-refractivity contribution in [2.24, 2.45) is 11.8 Å². The molecule has 5 nitrogen and oxygen atoms in total. The Kier molecular flexibility index (Phi) is 1.66. The Balaban J connectivity index is 1.95. The number of fused-ring (bicyclic) bond motifs is 1. The Hall–Kier alpha value is -1.10. The third kappa shape index (κ3) is 1.07. The van der Waals surface area contributed by atoms with Gasteiger partial charge in [-0.15, -0.1) is 0 Å². The molecular formula is C10H12O5. The van der Waals surface area contributed by atoms with E-state index in [1.54, 1.807) is 0 Å². The SMILES string of the molecule is O=C1C[C@H]2[C@H](C(=O)O)[C@@H]3CC[C@]2(CO1)O3. The van der Waals surface area contributed by atoms with Crippen LogP contribution in [0.4, 0.5) is 0 Å². The molecule has 2 bridgehead atoms. The van der Waals surface area contributed by atoms with Gasteiger partial charge in [0.1, 0.15) is 12.2 Å². The lowest BCUT2D eigenvalue weighted by molar-refractivity contribution is -0.167. The number of aliphatic carboxylic acids is 1. The van der Waals surface area contributed by atoms with Crippen molar-refractivity contribution in [3.05, 3.63) is 0 Å². The van der Waals surface area contributed by atoms with Crippen LogP contribution in [0, 0.1) is 11.8 Å². The molecule has 0 radical (unpaired) electrons. The van der Waals surface area contributed by atoms with E-state index in [0.29, 0.717) is 0 Å². The van der Waals surface area contributed by atoms with Crippen LogP contribution in [0.3, 0.4) is 0 Å². The maximum absolute atomic E-state index is 11.2. The fraction of sp³-hybridized carbons (Fsp3) is 0.800. The minimum atomic E-state index is -0.846.